The molecule has 1 aliphatic rings. The van der Waals surface area contributed by atoms with Crippen LogP contribution in [0.25, 0.3) is 0 Å². The molecular weight excluding hydrogens is 210 g/mol. The minimum Gasteiger partial charge on any atom is -0.346 e. The Hall–Kier alpha value is -0.860. The number of halogens is 1. The molecule has 1 aromatic carbocycles. The van der Waals surface area contributed by atoms with Crippen molar-refractivity contribution in [1.29, 1.82) is 0 Å². The van der Waals surface area contributed by atoms with Crippen molar-refractivity contribution in [3.05, 3.63) is 34.9 Å². The van der Waals surface area contributed by atoms with Gasteiger partial charge in [0.15, 0.2) is 5.78 Å². The summed E-state index contributed by atoms with van der Waals surface area (Å²) in [4.78, 5) is 12.1. The van der Waals surface area contributed by atoms with Gasteiger partial charge in [-0.2, -0.15) is 0 Å². The van der Waals surface area contributed by atoms with E-state index in [1.165, 1.54) is 0 Å². The van der Waals surface area contributed by atoms with Crippen LogP contribution < -0.4 is 5.32 Å². The zero-order chi connectivity index (χ0) is 10.7. The van der Waals surface area contributed by atoms with Crippen molar-refractivity contribution in [2.24, 2.45) is 5.92 Å². The topological polar surface area (TPSA) is 33.7 Å². The van der Waals surface area contributed by atoms with Gasteiger partial charge >= 0.3 is 0 Å². The first kappa shape index (κ1) is 10.7. The van der Waals surface area contributed by atoms with E-state index < -0.39 is 0 Å². The summed E-state index contributed by atoms with van der Waals surface area (Å²) in [6.07, 6.45) is 2.00. The Kier molecular flexibility index (Phi) is 3.39. The van der Waals surface area contributed by atoms with Crippen LogP contribution in [0.2, 0.25) is 5.02 Å². The number of benzene rings is 1. The third-order valence-corrected chi connectivity index (χ3v) is 3.19. The fourth-order valence-electron chi connectivity index (χ4n) is 2.04. The lowest BCUT2D eigenvalue weighted by molar-refractivity contribution is -0.663. The van der Waals surface area contributed by atoms with Crippen LogP contribution in [0.5, 0.6) is 0 Å². The third-order valence-electron chi connectivity index (χ3n) is 2.94. The average Bonchev–Trinajstić information content (AvgIpc) is 2.30. The van der Waals surface area contributed by atoms with Crippen LogP contribution in [-0.2, 0) is 0 Å². The summed E-state index contributed by atoms with van der Waals surface area (Å²) in [7, 11) is 0. The highest BCUT2D eigenvalue weighted by Crippen LogP contribution is 2.18. The summed E-state index contributed by atoms with van der Waals surface area (Å²) in [5.41, 5.74) is 0.798. The van der Waals surface area contributed by atoms with Crippen molar-refractivity contribution in [1.82, 2.24) is 0 Å². The molecule has 0 atom stereocenters. The number of ketones is 1. The molecule has 3 heteroatoms. The minimum atomic E-state index is 0.219. The Morgan fingerprint density at radius 2 is 1.80 bits per heavy atom. The number of rotatable bonds is 2. The summed E-state index contributed by atoms with van der Waals surface area (Å²) in [5, 5.41) is 2.95. The molecule has 0 spiro atoms. The van der Waals surface area contributed by atoms with E-state index >= 15 is 0 Å². The maximum absolute atomic E-state index is 12.1. The van der Waals surface area contributed by atoms with Crippen LogP contribution in [0, 0.1) is 5.92 Å². The van der Waals surface area contributed by atoms with Crippen molar-refractivity contribution < 1.29 is 10.1 Å². The van der Waals surface area contributed by atoms with E-state index in [0.29, 0.717) is 5.02 Å². The van der Waals surface area contributed by atoms with Crippen LogP contribution in [0.15, 0.2) is 24.3 Å². The Balaban J connectivity index is 2.09. The van der Waals surface area contributed by atoms with E-state index in [9.17, 15) is 4.79 Å². The molecular formula is C12H15ClNO+. The lowest BCUT2D eigenvalue weighted by Gasteiger charge is -2.18. The Bertz CT molecular complexity index is 341. The molecule has 0 aliphatic carbocycles. The number of nitrogens with two attached hydrogens (primary N) is 1. The molecule has 15 heavy (non-hydrogen) atoms. The summed E-state index contributed by atoms with van der Waals surface area (Å²) < 4.78 is 0. The first-order chi connectivity index (χ1) is 7.27. The van der Waals surface area contributed by atoms with Gasteiger partial charge in [-0.3, -0.25) is 4.79 Å². The van der Waals surface area contributed by atoms with Crippen molar-refractivity contribution in [3.63, 3.8) is 0 Å². The van der Waals surface area contributed by atoms with Crippen LogP contribution >= 0.6 is 11.6 Å². The summed E-state index contributed by atoms with van der Waals surface area (Å²) in [6, 6.07) is 7.21. The van der Waals surface area contributed by atoms with Gasteiger partial charge in [-0.15, -0.1) is 0 Å². The van der Waals surface area contributed by atoms with E-state index in [2.05, 4.69) is 5.32 Å². The van der Waals surface area contributed by atoms with Crippen molar-refractivity contribution in [2.45, 2.75) is 12.8 Å². The Labute approximate surface area is 94.6 Å². The zero-order valence-electron chi connectivity index (χ0n) is 8.58. The molecule has 1 heterocycles. The Morgan fingerprint density at radius 3 is 2.40 bits per heavy atom. The zero-order valence-corrected chi connectivity index (χ0v) is 9.33. The van der Waals surface area contributed by atoms with Gasteiger partial charge in [0.05, 0.1) is 13.1 Å². The number of carbonyl (C=O) groups is 1. The number of hydrogen-bond acceptors (Lipinski definition) is 1. The summed E-state index contributed by atoms with van der Waals surface area (Å²) >= 11 is 5.79. The number of piperidine rings is 1. The molecule has 0 saturated carbocycles. The second-order valence-corrected chi connectivity index (χ2v) is 4.45. The van der Waals surface area contributed by atoms with Crippen molar-refractivity contribution >= 4 is 17.4 Å². The average molecular weight is 225 g/mol. The van der Waals surface area contributed by atoms with Crippen molar-refractivity contribution in [2.75, 3.05) is 13.1 Å². The highest BCUT2D eigenvalue weighted by molar-refractivity contribution is 6.30. The van der Waals surface area contributed by atoms with Gasteiger partial charge in [0.2, 0.25) is 0 Å². The van der Waals surface area contributed by atoms with Crippen LogP contribution in [0.4, 0.5) is 0 Å². The van der Waals surface area contributed by atoms with E-state index in [0.717, 1.165) is 31.5 Å². The fourth-order valence-corrected chi connectivity index (χ4v) is 2.16. The minimum absolute atomic E-state index is 0.219. The maximum Gasteiger partial charge on any atom is 0.166 e. The van der Waals surface area contributed by atoms with Gasteiger partial charge < -0.3 is 5.32 Å². The van der Waals surface area contributed by atoms with E-state index in [1.807, 2.05) is 12.1 Å². The lowest BCUT2D eigenvalue weighted by atomic mass is 9.90. The van der Waals surface area contributed by atoms with Crippen LogP contribution in [0.3, 0.4) is 0 Å². The van der Waals surface area contributed by atoms with Gasteiger partial charge in [-0.1, -0.05) is 11.6 Å². The quantitative estimate of drug-likeness (QED) is 0.759. The van der Waals surface area contributed by atoms with Gasteiger partial charge in [0, 0.05) is 29.3 Å². The van der Waals surface area contributed by atoms with E-state index in [4.69, 9.17) is 11.6 Å². The SMILES string of the molecule is O=C(c1ccc(Cl)cc1)C1CC[NH2+]CC1. The smallest absolute Gasteiger partial charge is 0.166 e. The monoisotopic (exact) mass is 224 g/mol. The predicted molar refractivity (Wildman–Crippen MR) is 60.2 cm³/mol. The Morgan fingerprint density at radius 1 is 1.20 bits per heavy atom. The van der Waals surface area contributed by atoms with Gasteiger partial charge in [0.1, 0.15) is 0 Å². The van der Waals surface area contributed by atoms with Crippen LogP contribution in [0.1, 0.15) is 23.2 Å². The molecule has 1 aromatic rings. The molecule has 1 aliphatic heterocycles. The summed E-state index contributed by atoms with van der Waals surface area (Å²) in [6.45, 7) is 2.15. The van der Waals surface area contributed by atoms with Gasteiger partial charge in [-0.05, 0) is 24.3 Å². The largest absolute Gasteiger partial charge is 0.346 e. The molecule has 0 amide bonds. The van der Waals surface area contributed by atoms with Gasteiger partial charge in [-0.25, -0.2) is 0 Å². The maximum atomic E-state index is 12.1. The van der Waals surface area contributed by atoms with E-state index in [1.54, 1.807) is 12.1 Å². The lowest BCUT2D eigenvalue weighted by Crippen LogP contribution is -2.86. The van der Waals surface area contributed by atoms with Crippen molar-refractivity contribution in [3.8, 4) is 0 Å². The standard InChI is InChI=1S/C12H14ClNO/c13-11-3-1-9(2-4-11)12(15)10-5-7-14-8-6-10/h1-4,10,14H,5-8H2/p+1. The fraction of sp³-hybridized carbons (Fsp3) is 0.417. The number of quaternary nitrogens is 1. The molecule has 0 unspecified atom stereocenters. The highest BCUT2D eigenvalue weighted by atomic mass is 35.5. The van der Waals surface area contributed by atoms with E-state index in [-0.39, 0.29) is 11.7 Å². The number of Topliss-reactive ketones (excluding diaryl/α,β-unsaturated/α-hetero) is 1. The molecule has 1 saturated heterocycles. The second kappa shape index (κ2) is 4.77. The predicted octanol–water partition coefficient (Wildman–Crippen LogP) is 1.50. The first-order valence-corrected chi connectivity index (χ1v) is 5.76. The third kappa shape index (κ3) is 2.58. The van der Waals surface area contributed by atoms with Gasteiger partial charge in [0.25, 0.3) is 0 Å². The molecule has 80 valence electrons. The molecule has 0 radical (unpaired) electrons. The number of carbonyl (C=O) groups excluding carboxylic acids is 1. The van der Waals surface area contributed by atoms with Crippen LogP contribution in [-0.4, -0.2) is 18.9 Å². The normalized spacial score (nSPS) is 17.7. The number of hydrogen-bond donors (Lipinski definition) is 1. The first-order valence-electron chi connectivity index (χ1n) is 5.39. The second-order valence-electron chi connectivity index (χ2n) is 4.01. The highest BCUT2D eigenvalue weighted by Gasteiger charge is 2.23. The molecule has 0 aromatic heterocycles. The molecule has 2 N–H and O–H groups in total. The summed E-state index contributed by atoms with van der Waals surface area (Å²) in [5.74, 6) is 0.496. The molecule has 2 nitrogen and oxygen atoms in total. The molecule has 2 rings (SSSR count). The molecule has 0 bridgehead atoms. The molecule has 1 fully saturated rings.